The molecule has 1 aliphatic carbocycles. The molecule has 1 aromatic carbocycles. The molecule has 0 aromatic heterocycles. The van der Waals surface area contributed by atoms with E-state index in [1.807, 2.05) is 7.05 Å². The van der Waals surface area contributed by atoms with Crippen LogP contribution in [0.5, 0.6) is 0 Å². The molecule has 1 saturated heterocycles. The normalized spacial score (nSPS) is 29.5. The van der Waals surface area contributed by atoms with E-state index in [1.165, 1.54) is 11.1 Å². The molecule has 104 valence electrons. The van der Waals surface area contributed by atoms with Crippen molar-refractivity contribution in [3.63, 3.8) is 0 Å². The number of fused-ring (bicyclic) bond motifs is 1. The van der Waals surface area contributed by atoms with Crippen LogP contribution in [-0.4, -0.2) is 33.0 Å². The second kappa shape index (κ2) is 4.91. The zero-order valence-corrected chi connectivity index (χ0v) is 12.1. The molecule has 3 atom stereocenters. The Bertz CT molecular complexity index is 567. The summed E-state index contributed by atoms with van der Waals surface area (Å²) in [6, 6.07) is 8.92. The van der Waals surface area contributed by atoms with E-state index in [1.54, 1.807) is 0 Å². The minimum absolute atomic E-state index is 0.294. The summed E-state index contributed by atoms with van der Waals surface area (Å²) in [4.78, 5) is 0. The number of hydrogen-bond donors (Lipinski definition) is 1. The van der Waals surface area contributed by atoms with Crippen LogP contribution in [0.2, 0.25) is 0 Å². The monoisotopic (exact) mass is 279 g/mol. The van der Waals surface area contributed by atoms with Crippen LogP contribution in [0, 0.1) is 5.92 Å². The van der Waals surface area contributed by atoms with Gasteiger partial charge in [0.15, 0.2) is 9.84 Å². The van der Waals surface area contributed by atoms with E-state index in [9.17, 15) is 8.42 Å². The molecule has 2 aliphatic rings. The number of hydrogen-bond acceptors (Lipinski definition) is 3. The molecule has 0 bridgehead atoms. The van der Waals surface area contributed by atoms with E-state index >= 15 is 0 Å². The van der Waals surface area contributed by atoms with Gasteiger partial charge in [0.1, 0.15) is 0 Å². The van der Waals surface area contributed by atoms with Gasteiger partial charge >= 0.3 is 0 Å². The predicted octanol–water partition coefficient (Wildman–Crippen LogP) is 1.74. The van der Waals surface area contributed by atoms with Crippen molar-refractivity contribution < 1.29 is 8.42 Å². The Kier molecular flexibility index (Phi) is 3.39. The zero-order chi connectivity index (χ0) is 13.5. The van der Waals surface area contributed by atoms with Crippen molar-refractivity contribution in [1.82, 2.24) is 5.32 Å². The molecule has 1 fully saturated rings. The van der Waals surface area contributed by atoms with Crippen molar-refractivity contribution in [2.45, 2.75) is 31.2 Å². The summed E-state index contributed by atoms with van der Waals surface area (Å²) in [6.45, 7) is 0. The Morgan fingerprint density at radius 3 is 2.79 bits per heavy atom. The Labute approximate surface area is 115 Å². The SMILES string of the molecule is CNC(CC1Cc2ccccc21)C1CCS(=O)(=O)C1. The fraction of sp³-hybridized carbons (Fsp3) is 0.600. The van der Waals surface area contributed by atoms with Gasteiger partial charge in [-0.05, 0) is 49.3 Å². The van der Waals surface area contributed by atoms with Gasteiger partial charge in [-0.3, -0.25) is 0 Å². The van der Waals surface area contributed by atoms with E-state index < -0.39 is 9.84 Å². The standard InChI is InChI=1S/C15H21NO2S/c1-16-15(12-6-7-19(17,18)10-12)9-13-8-11-4-2-3-5-14(11)13/h2-5,12-13,15-16H,6-10H2,1H3. The first-order valence-electron chi connectivity index (χ1n) is 7.04. The maximum Gasteiger partial charge on any atom is 0.150 e. The molecule has 1 N–H and O–H groups in total. The quantitative estimate of drug-likeness (QED) is 0.913. The van der Waals surface area contributed by atoms with Crippen molar-refractivity contribution in [2.24, 2.45) is 5.92 Å². The molecule has 0 amide bonds. The van der Waals surface area contributed by atoms with Crippen molar-refractivity contribution in [3.8, 4) is 0 Å². The first kappa shape index (κ1) is 13.1. The highest BCUT2D eigenvalue weighted by Crippen LogP contribution is 2.39. The van der Waals surface area contributed by atoms with Gasteiger partial charge in [0.25, 0.3) is 0 Å². The molecule has 0 spiro atoms. The average molecular weight is 279 g/mol. The van der Waals surface area contributed by atoms with Gasteiger partial charge in [0, 0.05) is 6.04 Å². The Morgan fingerprint density at radius 1 is 1.37 bits per heavy atom. The van der Waals surface area contributed by atoms with Crippen molar-refractivity contribution in [1.29, 1.82) is 0 Å². The van der Waals surface area contributed by atoms with Crippen LogP contribution < -0.4 is 5.32 Å². The highest BCUT2D eigenvalue weighted by molar-refractivity contribution is 7.91. The van der Waals surface area contributed by atoms with Crippen LogP contribution in [0.25, 0.3) is 0 Å². The third kappa shape index (κ3) is 2.56. The smallest absolute Gasteiger partial charge is 0.150 e. The van der Waals surface area contributed by atoms with Crippen LogP contribution in [0.3, 0.4) is 0 Å². The fourth-order valence-corrected chi connectivity index (χ4v) is 5.45. The number of sulfone groups is 1. The summed E-state index contributed by atoms with van der Waals surface area (Å²) in [7, 11) is -0.817. The highest BCUT2D eigenvalue weighted by atomic mass is 32.2. The second-order valence-corrected chi connectivity index (χ2v) is 8.12. The van der Waals surface area contributed by atoms with Gasteiger partial charge in [-0.2, -0.15) is 0 Å². The molecule has 3 unspecified atom stereocenters. The van der Waals surface area contributed by atoms with Crippen LogP contribution in [-0.2, 0) is 16.3 Å². The first-order chi connectivity index (χ1) is 9.09. The third-order valence-corrected chi connectivity index (χ3v) is 6.50. The number of rotatable bonds is 4. The van der Waals surface area contributed by atoms with E-state index in [-0.39, 0.29) is 0 Å². The lowest BCUT2D eigenvalue weighted by atomic mass is 9.73. The van der Waals surface area contributed by atoms with Gasteiger partial charge in [-0.25, -0.2) is 8.42 Å². The van der Waals surface area contributed by atoms with Gasteiger partial charge in [0.2, 0.25) is 0 Å². The molecule has 3 rings (SSSR count). The largest absolute Gasteiger partial charge is 0.317 e. The van der Waals surface area contributed by atoms with Gasteiger partial charge in [-0.1, -0.05) is 24.3 Å². The summed E-state index contributed by atoms with van der Waals surface area (Å²) in [5, 5.41) is 3.35. The average Bonchev–Trinajstić information content (AvgIpc) is 2.71. The lowest BCUT2D eigenvalue weighted by molar-refractivity contribution is 0.345. The van der Waals surface area contributed by atoms with Gasteiger partial charge < -0.3 is 5.32 Å². The molecule has 19 heavy (non-hydrogen) atoms. The Balaban J connectivity index is 1.66. The first-order valence-corrected chi connectivity index (χ1v) is 8.86. The lowest BCUT2D eigenvalue weighted by Gasteiger charge is -2.34. The van der Waals surface area contributed by atoms with Crippen LogP contribution in [0.15, 0.2) is 24.3 Å². The van der Waals surface area contributed by atoms with Crippen molar-refractivity contribution in [3.05, 3.63) is 35.4 Å². The van der Waals surface area contributed by atoms with Gasteiger partial charge in [-0.15, -0.1) is 0 Å². The van der Waals surface area contributed by atoms with Crippen LogP contribution in [0.4, 0.5) is 0 Å². The lowest BCUT2D eigenvalue weighted by Crippen LogP contribution is -2.37. The molecule has 1 aliphatic heterocycles. The Hall–Kier alpha value is -0.870. The minimum atomic E-state index is -2.78. The van der Waals surface area contributed by atoms with E-state index in [4.69, 9.17) is 0 Å². The zero-order valence-electron chi connectivity index (χ0n) is 11.3. The van der Waals surface area contributed by atoms with Crippen LogP contribution >= 0.6 is 0 Å². The molecular weight excluding hydrogens is 258 g/mol. The summed E-state index contributed by atoms with van der Waals surface area (Å²) in [5.74, 6) is 1.64. The summed E-state index contributed by atoms with van der Waals surface area (Å²) in [5.41, 5.74) is 2.92. The van der Waals surface area contributed by atoms with Crippen molar-refractivity contribution >= 4 is 9.84 Å². The minimum Gasteiger partial charge on any atom is -0.317 e. The van der Waals surface area contributed by atoms with E-state index in [0.29, 0.717) is 29.4 Å². The second-order valence-electron chi connectivity index (χ2n) is 5.89. The number of benzene rings is 1. The van der Waals surface area contributed by atoms with Gasteiger partial charge in [0.05, 0.1) is 11.5 Å². The molecule has 3 nitrogen and oxygen atoms in total. The topological polar surface area (TPSA) is 46.2 Å². The molecule has 1 heterocycles. The third-order valence-electron chi connectivity index (χ3n) is 4.71. The highest BCUT2D eigenvalue weighted by Gasteiger charge is 2.36. The molecule has 4 heteroatoms. The summed E-state index contributed by atoms with van der Waals surface area (Å²) in [6.07, 6.45) is 3.03. The van der Waals surface area contributed by atoms with Crippen LogP contribution in [0.1, 0.15) is 29.9 Å². The Morgan fingerprint density at radius 2 is 2.16 bits per heavy atom. The maximum absolute atomic E-state index is 11.6. The van der Waals surface area contributed by atoms with E-state index in [2.05, 4.69) is 29.6 Å². The summed E-state index contributed by atoms with van der Waals surface area (Å²) >= 11 is 0. The molecule has 0 radical (unpaired) electrons. The molecule has 0 saturated carbocycles. The number of nitrogens with one attached hydrogen (secondary N) is 1. The van der Waals surface area contributed by atoms with Crippen molar-refractivity contribution in [2.75, 3.05) is 18.6 Å². The summed E-state index contributed by atoms with van der Waals surface area (Å²) < 4.78 is 23.2. The fourth-order valence-electron chi connectivity index (χ4n) is 3.57. The van der Waals surface area contributed by atoms with E-state index in [0.717, 1.165) is 19.3 Å². The predicted molar refractivity (Wildman–Crippen MR) is 77.1 cm³/mol. The maximum atomic E-state index is 11.6. The molecule has 1 aromatic rings. The molecular formula is C15H21NO2S.